The predicted molar refractivity (Wildman–Crippen MR) is 77.0 cm³/mol. The van der Waals surface area contributed by atoms with Crippen LogP contribution >= 0.6 is 0 Å². The van der Waals surface area contributed by atoms with Crippen LogP contribution in [0.4, 0.5) is 5.69 Å². The molecule has 20 heavy (non-hydrogen) atoms. The lowest BCUT2D eigenvalue weighted by atomic mass is 10.3. The van der Waals surface area contributed by atoms with Gasteiger partial charge >= 0.3 is 0 Å². The van der Waals surface area contributed by atoms with Gasteiger partial charge in [0.2, 0.25) is 5.71 Å². The summed E-state index contributed by atoms with van der Waals surface area (Å²) in [7, 11) is 0. The summed E-state index contributed by atoms with van der Waals surface area (Å²) < 4.78 is 10.7. The van der Waals surface area contributed by atoms with Gasteiger partial charge in [-0.3, -0.25) is 10.8 Å². The van der Waals surface area contributed by atoms with Crippen LogP contribution < -0.4 is 15.9 Å². The SMILES string of the molecule is CCOCCOc1cccc(N/N=C(\C#N)C(=N)N)c1. The Kier molecular flexibility index (Phi) is 6.57. The van der Waals surface area contributed by atoms with E-state index in [2.05, 4.69) is 10.5 Å². The molecule has 0 saturated heterocycles. The van der Waals surface area contributed by atoms with E-state index in [1.807, 2.05) is 6.92 Å². The number of nitriles is 1. The van der Waals surface area contributed by atoms with Crippen molar-refractivity contribution in [3.05, 3.63) is 24.3 Å². The van der Waals surface area contributed by atoms with Gasteiger partial charge in [-0.15, -0.1) is 0 Å². The largest absolute Gasteiger partial charge is 0.491 e. The molecule has 7 heteroatoms. The summed E-state index contributed by atoms with van der Waals surface area (Å²) in [5.74, 6) is 0.273. The standard InChI is InChI=1S/C13H17N5O2/c1-2-19-6-7-20-11-5-3-4-10(8-11)17-18-12(9-14)13(15)16/h3-5,8,17H,2,6-7H2,1H3,(H3,15,16)/b18-12+. The molecule has 4 N–H and O–H groups in total. The van der Waals surface area contributed by atoms with Crippen molar-refractivity contribution in [1.82, 2.24) is 0 Å². The van der Waals surface area contributed by atoms with E-state index in [1.165, 1.54) is 0 Å². The fourth-order valence-electron chi connectivity index (χ4n) is 1.28. The van der Waals surface area contributed by atoms with Crippen LogP contribution in [0.5, 0.6) is 5.75 Å². The third-order valence-corrected chi connectivity index (χ3v) is 2.19. The van der Waals surface area contributed by atoms with Crippen LogP contribution in [0, 0.1) is 16.7 Å². The van der Waals surface area contributed by atoms with E-state index in [0.29, 0.717) is 31.3 Å². The van der Waals surface area contributed by atoms with E-state index in [4.69, 9.17) is 25.9 Å². The number of nitrogens with one attached hydrogen (secondary N) is 2. The minimum Gasteiger partial charge on any atom is -0.491 e. The quantitative estimate of drug-likeness (QED) is 0.286. The maximum absolute atomic E-state index is 8.72. The van der Waals surface area contributed by atoms with Crippen molar-refractivity contribution in [1.29, 1.82) is 10.7 Å². The van der Waals surface area contributed by atoms with E-state index in [1.54, 1.807) is 30.3 Å². The highest BCUT2D eigenvalue weighted by atomic mass is 16.5. The van der Waals surface area contributed by atoms with Crippen LogP contribution in [0.15, 0.2) is 29.4 Å². The van der Waals surface area contributed by atoms with Gasteiger partial charge in [-0.05, 0) is 19.1 Å². The van der Waals surface area contributed by atoms with Gasteiger partial charge in [0.1, 0.15) is 18.4 Å². The van der Waals surface area contributed by atoms with Gasteiger partial charge < -0.3 is 15.2 Å². The van der Waals surface area contributed by atoms with Gasteiger partial charge in [0.05, 0.1) is 12.3 Å². The molecule has 1 aromatic carbocycles. The Hall–Kier alpha value is -2.59. The normalized spacial score (nSPS) is 10.7. The molecule has 1 rings (SSSR count). The van der Waals surface area contributed by atoms with E-state index >= 15 is 0 Å². The van der Waals surface area contributed by atoms with Gasteiger partial charge in [0, 0.05) is 12.7 Å². The molecule has 0 atom stereocenters. The van der Waals surface area contributed by atoms with Crippen LogP contribution in [0.3, 0.4) is 0 Å². The Labute approximate surface area is 117 Å². The number of ether oxygens (including phenoxy) is 2. The maximum Gasteiger partial charge on any atom is 0.201 e. The second kappa shape index (κ2) is 8.50. The number of amidine groups is 1. The van der Waals surface area contributed by atoms with Crippen molar-refractivity contribution in [2.45, 2.75) is 6.92 Å². The minimum atomic E-state index is -0.385. The average molecular weight is 275 g/mol. The first-order valence-electron chi connectivity index (χ1n) is 6.06. The first kappa shape index (κ1) is 15.5. The van der Waals surface area contributed by atoms with Gasteiger partial charge in [0.25, 0.3) is 0 Å². The third-order valence-electron chi connectivity index (χ3n) is 2.19. The number of rotatable bonds is 8. The molecule has 0 aliphatic heterocycles. The highest BCUT2D eigenvalue weighted by Gasteiger charge is 2.01. The highest BCUT2D eigenvalue weighted by molar-refractivity contribution is 6.45. The summed E-state index contributed by atoms with van der Waals surface area (Å²) in [6.07, 6.45) is 0. The molecule has 1 aromatic rings. The highest BCUT2D eigenvalue weighted by Crippen LogP contribution is 2.17. The summed E-state index contributed by atoms with van der Waals surface area (Å²) in [6.45, 7) is 3.55. The number of hydrazone groups is 1. The number of hydrogen-bond acceptors (Lipinski definition) is 6. The summed E-state index contributed by atoms with van der Waals surface area (Å²) in [4.78, 5) is 0. The van der Waals surface area contributed by atoms with Gasteiger partial charge in [-0.1, -0.05) is 6.07 Å². The molecule has 0 saturated carbocycles. The van der Waals surface area contributed by atoms with E-state index < -0.39 is 0 Å². The average Bonchev–Trinajstić information content (AvgIpc) is 2.44. The molecule has 7 nitrogen and oxygen atoms in total. The second-order valence-corrected chi connectivity index (χ2v) is 3.67. The lowest BCUT2D eigenvalue weighted by molar-refractivity contribution is 0.110. The maximum atomic E-state index is 8.72. The summed E-state index contributed by atoms with van der Waals surface area (Å²) in [6, 6.07) is 8.80. The number of anilines is 1. The van der Waals surface area contributed by atoms with Gasteiger partial charge in [0.15, 0.2) is 5.84 Å². The molecule has 106 valence electrons. The third kappa shape index (κ3) is 5.37. The van der Waals surface area contributed by atoms with E-state index in [0.717, 1.165) is 0 Å². The van der Waals surface area contributed by atoms with Crippen molar-refractivity contribution >= 4 is 17.2 Å². The lowest BCUT2D eigenvalue weighted by Crippen LogP contribution is -2.21. The molecule has 0 fully saturated rings. The Morgan fingerprint density at radius 2 is 2.30 bits per heavy atom. The Morgan fingerprint density at radius 1 is 1.50 bits per heavy atom. The Balaban J connectivity index is 2.60. The minimum absolute atomic E-state index is 0.173. The van der Waals surface area contributed by atoms with E-state index in [9.17, 15) is 0 Å². The monoisotopic (exact) mass is 275 g/mol. The topological polar surface area (TPSA) is 117 Å². The lowest BCUT2D eigenvalue weighted by Gasteiger charge is -2.08. The fraction of sp³-hybridized carbons (Fsp3) is 0.308. The molecular weight excluding hydrogens is 258 g/mol. The molecule has 0 spiro atoms. The van der Waals surface area contributed by atoms with Crippen LogP contribution in [0.25, 0.3) is 0 Å². The summed E-state index contributed by atoms with van der Waals surface area (Å²) in [5.41, 5.74) is 8.30. The van der Waals surface area contributed by atoms with Crippen molar-refractivity contribution < 1.29 is 9.47 Å². The first-order valence-corrected chi connectivity index (χ1v) is 6.06. The molecule has 0 aliphatic rings. The molecule has 0 aromatic heterocycles. The second-order valence-electron chi connectivity index (χ2n) is 3.67. The van der Waals surface area contributed by atoms with Crippen LogP contribution in [-0.2, 0) is 4.74 Å². The molecule has 0 amide bonds. The summed E-state index contributed by atoms with van der Waals surface area (Å²) in [5, 5.41) is 19.6. The molecule has 0 unspecified atom stereocenters. The zero-order valence-corrected chi connectivity index (χ0v) is 11.2. The molecule has 0 bridgehead atoms. The molecular formula is C13H17N5O2. The Morgan fingerprint density at radius 3 is 2.95 bits per heavy atom. The number of nitrogens with two attached hydrogens (primary N) is 1. The van der Waals surface area contributed by atoms with Crippen molar-refractivity contribution in [3.8, 4) is 11.8 Å². The molecule has 0 heterocycles. The van der Waals surface area contributed by atoms with Gasteiger partial charge in [-0.25, -0.2) is 0 Å². The zero-order chi connectivity index (χ0) is 14.8. The van der Waals surface area contributed by atoms with Crippen LogP contribution in [-0.4, -0.2) is 31.4 Å². The predicted octanol–water partition coefficient (Wildman–Crippen LogP) is 1.33. The van der Waals surface area contributed by atoms with Crippen molar-refractivity contribution in [3.63, 3.8) is 0 Å². The smallest absolute Gasteiger partial charge is 0.201 e. The van der Waals surface area contributed by atoms with Crippen LogP contribution in [0.2, 0.25) is 0 Å². The van der Waals surface area contributed by atoms with Gasteiger partial charge in [-0.2, -0.15) is 10.4 Å². The van der Waals surface area contributed by atoms with E-state index in [-0.39, 0.29) is 11.5 Å². The number of nitrogens with zero attached hydrogens (tertiary/aromatic N) is 2. The fourth-order valence-corrected chi connectivity index (χ4v) is 1.28. The van der Waals surface area contributed by atoms with Crippen molar-refractivity contribution in [2.75, 3.05) is 25.2 Å². The Bertz CT molecular complexity index is 522. The zero-order valence-electron chi connectivity index (χ0n) is 11.2. The van der Waals surface area contributed by atoms with Crippen LogP contribution in [0.1, 0.15) is 6.92 Å². The van der Waals surface area contributed by atoms with Crippen molar-refractivity contribution in [2.24, 2.45) is 10.8 Å². The molecule has 0 aliphatic carbocycles. The number of hydrogen-bond donors (Lipinski definition) is 3. The first-order chi connectivity index (χ1) is 9.67. The molecule has 0 radical (unpaired) electrons. The summed E-state index contributed by atoms with van der Waals surface area (Å²) >= 11 is 0. The number of benzene rings is 1.